The molecule has 1 fully saturated rings. The van der Waals surface area contributed by atoms with Crippen LogP contribution in [0.2, 0.25) is 0 Å². The minimum Gasteiger partial charge on any atom is -0.497 e. The summed E-state index contributed by atoms with van der Waals surface area (Å²) in [4.78, 5) is 1.32. The van der Waals surface area contributed by atoms with Gasteiger partial charge >= 0.3 is 0 Å². The van der Waals surface area contributed by atoms with Crippen LogP contribution in [0, 0.1) is 6.92 Å². The largest absolute Gasteiger partial charge is 0.497 e. The summed E-state index contributed by atoms with van der Waals surface area (Å²) in [5, 5.41) is 10.9. The summed E-state index contributed by atoms with van der Waals surface area (Å²) < 4.78 is 5.31. The maximum atomic E-state index is 5.31. The smallest absolute Gasteiger partial charge is 0.119 e. The van der Waals surface area contributed by atoms with Crippen molar-refractivity contribution in [2.24, 2.45) is 0 Å². The molecule has 132 valence electrons. The molecule has 4 nitrogen and oxygen atoms in total. The fraction of sp³-hybridized carbons (Fsp3) is 0.400. The molecule has 0 radical (unpaired) electrons. The van der Waals surface area contributed by atoms with E-state index in [4.69, 9.17) is 4.74 Å². The molecule has 1 saturated heterocycles. The highest BCUT2D eigenvalue weighted by molar-refractivity contribution is 7.98. The summed E-state index contributed by atoms with van der Waals surface area (Å²) >= 11 is 1.81. The van der Waals surface area contributed by atoms with Crippen LogP contribution >= 0.6 is 11.8 Å². The highest BCUT2D eigenvalue weighted by atomic mass is 32.2. The van der Waals surface area contributed by atoms with Crippen LogP contribution in [-0.4, -0.2) is 32.5 Å². The normalized spacial score (nSPS) is 21.2. The van der Waals surface area contributed by atoms with Crippen LogP contribution in [0.5, 0.6) is 5.75 Å². The predicted octanol–water partition coefficient (Wildman–Crippen LogP) is 4.34. The third kappa shape index (κ3) is 3.07. The zero-order chi connectivity index (χ0) is 17.4. The molecule has 0 spiro atoms. The molecular weight excluding hydrogens is 330 g/mol. The van der Waals surface area contributed by atoms with Crippen LogP contribution in [0.15, 0.2) is 35.2 Å². The number of anilines is 3. The molecule has 2 unspecified atom stereocenters. The number of nitrogens with one attached hydrogen (secondary N) is 3. The molecule has 5 heteroatoms. The van der Waals surface area contributed by atoms with Crippen LogP contribution in [-0.2, 0) is 0 Å². The molecule has 2 aliphatic rings. The molecule has 2 aromatic carbocycles. The number of thioether (sulfide) groups is 1. The summed E-state index contributed by atoms with van der Waals surface area (Å²) in [6.07, 6.45) is 3.34. The van der Waals surface area contributed by atoms with Crippen molar-refractivity contribution in [2.75, 3.05) is 37.1 Å². The minimum absolute atomic E-state index is 0.563. The first kappa shape index (κ1) is 16.6. The SMILES string of the molecule is COc1ccc(Nc2cc(SC)c3c(c2)C2CNCCC2N3)c(C)c1. The number of hydrogen-bond acceptors (Lipinski definition) is 5. The van der Waals surface area contributed by atoms with E-state index in [1.54, 1.807) is 7.11 Å². The number of hydrogen-bond donors (Lipinski definition) is 3. The molecular formula is C20H25N3OS. The Morgan fingerprint density at radius 2 is 2.12 bits per heavy atom. The van der Waals surface area contributed by atoms with Gasteiger partial charge in [-0.25, -0.2) is 0 Å². The Bertz CT molecular complexity index is 793. The lowest BCUT2D eigenvalue weighted by Crippen LogP contribution is -2.38. The fourth-order valence-corrected chi connectivity index (χ4v) is 4.55. The van der Waals surface area contributed by atoms with Crippen molar-refractivity contribution in [2.45, 2.75) is 30.2 Å². The van der Waals surface area contributed by atoms with Gasteiger partial charge in [-0.3, -0.25) is 0 Å². The highest BCUT2D eigenvalue weighted by Crippen LogP contribution is 2.45. The molecule has 3 N–H and O–H groups in total. The van der Waals surface area contributed by atoms with Gasteiger partial charge in [-0.05, 0) is 67.6 Å². The van der Waals surface area contributed by atoms with Gasteiger partial charge in [0.25, 0.3) is 0 Å². The quantitative estimate of drug-likeness (QED) is 0.712. The van der Waals surface area contributed by atoms with E-state index in [1.165, 1.54) is 28.1 Å². The monoisotopic (exact) mass is 355 g/mol. The number of piperidine rings is 1. The third-order valence-corrected chi connectivity index (χ3v) is 6.04. The molecule has 0 saturated carbocycles. The molecule has 25 heavy (non-hydrogen) atoms. The summed E-state index contributed by atoms with van der Waals surface area (Å²) in [5.74, 6) is 1.45. The highest BCUT2D eigenvalue weighted by Gasteiger charge is 2.35. The Labute approximate surface area is 153 Å². The average molecular weight is 356 g/mol. The first-order chi connectivity index (χ1) is 12.2. The first-order valence-corrected chi connectivity index (χ1v) is 10.0. The molecule has 0 aliphatic carbocycles. The van der Waals surface area contributed by atoms with Crippen molar-refractivity contribution < 1.29 is 4.74 Å². The van der Waals surface area contributed by atoms with Crippen LogP contribution in [0.1, 0.15) is 23.5 Å². The number of methoxy groups -OCH3 is 1. The van der Waals surface area contributed by atoms with Gasteiger partial charge in [-0.1, -0.05) is 0 Å². The lowest BCUT2D eigenvalue weighted by atomic mass is 9.90. The number of benzene rings is 2. The lowest BCUT2D eigenvalue weighted by molar-refractivity contribution is 0.414. The second kappa shape index (κ2) is 6.81. The van der Waals surface area contributed by atoms with Crippen LogP contribution in [0.4, 0.5) is 17.1 Å². The molecule has 0 aromatic heterocycles. The summed E-state index contributed by atoms with van der Waals surface area (Å²) in [7, 11) is 1.70. The zero-order valence-electron chi connectivity index (χ0n) is 15.0. The van der Waals surface area contributed by atoms with Crippen molar-refractivity contribution in [3.05, 3.63) is 41.5 Å². The Balaban J connectivity index is 1.68. The molecule has 2 aromatic rings. The van der Waals surface area contributed by atoms with Gasteiger partial charge in [0.15, 0.2) is 0 Å². The van der Waals surface area contributed by atoms with Gasteiger partial charge in [-0.2, -0.15) is 0 Å². The summed E-state index contributed by atoms with van der Waals surface area (Å²) in [6, 6.07) is 11.3. The van der Waals surface area contributed by atoms with Crippen LogP contribution in [0.25, 0.3) is 0 Å². The molecule has 4 rings (SSSR count). The van der Waals surface area contributed by atoms with Gasteiger partial charge in [0.05, 0.1) is 12.8 Å². The van der Waals surface area contributed by atoms with Gasteiger partial charge < -0.3 is 20.7 Å². The van der Waals surface area contributed by atoms with Crippen molar-refractivity contribution in [1.82, 2.24) is 5.32 Å². The Kier molecular flexibility index (Phi) is 4.52. The van der Waals surface area contributed by atoms with E-state index in [9.17, 15) is 0 Å². The standard InChI is InChI=1S/C20H25N3OS/c1-12-8-14(24-2)4-5-17(12)22-13-9-15-16-11-21-7-6-18(16)23-20(15)19(10-13)25-3/h4-5,8-10,16,18,21-23H,6-7,11H2,1-3H3. The number of aryl methyl sites for hydroxylation is 1. The molecule has 2 atom stereocenters. The number of rotatable bonds is 4. The summed E-state index contributed by atoms with van der Waals surface area (Å²) in [5.41, 5.74) is 6.24. The van der Waals surface area contributed by atoms with Gasteiger partial charge in [-0.15, -0.1) is 11.8 Å². The molecule has 2 aliphatic heterocycles. The van der Waals surface area contributed by atoms with Crippen molar-refractivity contribution in [3.63, 3.8) is 0 Å². The molecule has 0 amide bonds. The van der Waals surface area contributed by atoms with E-state index in [2.05, 4.69) is 53.4 Å². The van der Waals surface area contributed by atoms with E-state index in [0.29, 0.717) is 12.0 Å². The summed E-state index contributed by atoms with van der Waals surface area (Å²) in [6.45, 7) is 4.27. The number of ether oxygens (including phenoxy) is 1. The maximum Gasteiger partial charge on any atom is 0.119 e. The van der Waals surface area contributed by atoms with Crippen molar-refractivity contribution in [3.8, 4) is 5.75 Å². The lowest BCUT2D eigenvalue weighted by Gasteiger charge is -2.26. The average Bonchev–Trinajstić information content (AvgIpc) is 3.01. The maximum absolute atomic E-state index is 5.31. The van der Waals surface area contributed by atoms with E-state index >= 15 is 0 Å². The van der Waals surface area contributed by atoms with Gasteiger partial charge in [0, 0.05) is 34.8 Å². The van der Waals surface area contributed by atoms with Crippen LogP contribution in [0.3, 0.4) is 0 Å². The van der Waals surface area contributed by atoms with Crippen LogP contribution < -0.4 is 20.7 Å². The topological polar surface area (TPSA) is 45.3 Å². The first-order valence-electron chi connectivity index (χ1n) is 8.80. The number of fused-ring (bicyclic) bond motifs is 3. The second-order valence-electron chi connectivity index (χ2n) is 6.80. The van der Waals surface area contributed by atoms with Gasteiger partial charge in [0.1, 0.15) is 5.75 Å². The Morgan fingerprint density at radius 3 is 2.88 bits per heavy atom. The fourth-order valence-electron chi connectivity index (χ4n) is 3.92. The Morgan fingerprint density at radius 1 is 1.24 bits per heavy atom. The van der Waals surface area contributed by atoms with E-state index in [0.717, 1.165) is 30.2 Å². The van der Waals surface area contributed by atoms with Gasteiger partial charge in [0.2, 0.25) is 0 Å². The van der Waals surface area contributed by atoms with E-state index in [1.807, 2.05) is 17.8 Å². The molecule has 2 heterocycles. The zero-order valence-corrected chi connectivity index (χ0v) is 15.8. The van der Waals surface area contributed by atoms with Crippen molar-refractivity contribution >= 4 is 28.8 Å². The predicted molar refractivity (Wildman–Crippen MR) is 107 cm³/mol. The molecule has 0 bridgehead atoms. The van der Waals surface area contributed by atoms with E-state index in [-0.39, 0.29) is 0 Å². The minimum atomic E-state index is 0.563. The van der Waals surface area contributed by atoms with Crippen molar-refractivity contribution in [1.29, 1.82) is 0 Å². The Hall–Kier alpha value is -1.85. The second-order valence-corrected chi connectivity index (χ2v) is 7.65. The van der Waals surface area contributed by atoms with E-state index < -0.39 is 0 Å². The third-order valence-electron chi connectivity index (χ3n) is 5.28.